The van der Waals surface area contributed by atoms with Crippen molar-refractivity contribution in [1.29, 1.82) is 0 Å². The Kier molecular flexibility index (Phi) is 5.59. The molecule has 1 N–H and O–H groups in total. The molecule has 1 saturated heterocycles. The maximum absolute atomic E-state index is 12.9. The molecule has 28 heavy (non-hydrogen) atoms. The molecule has 0 aromatic heterocycles. The number of aryl methyl sites for hydroxylation is 1. The Balaban J connectivity index is 1.93. The second-order valence-corrected chi connectivity index (χ2v) is 6.56. The predicted octanol–water partition coefficient (Wildman–Crippen LogP) is 3.51. The summed E-state index contributed by atoms with van der Waals surface area (Å²) in [4.78, 5) is 40.6. The number of carbonyl (C=O) groups excluding carboxylic acids is 3. The van der Waals surface area contributed by atoms with E-state index in [2.05, 4.69) is 24.1 Å². The van der Waals surface area contributed by atoms with Gasteiger partial charge in [-0.15, -0.1) is 0 Å². The van der Waals surface area contributed by atoms with Crippen LogP contribution in [0.4, 0.5) is 16.2 Å². The largest absolute Gasteiger partial charge is 0.372 e. The van der Waals surface area contributed by atoms with Gasteiger partial charge in [0.25, 0.3) is 11.8 Å². The maximum Gasteiger partial charge on any atom is 0.335 e. The smallest absolute Gasteiger partial charge is 0.335 e. The Labute approximate surface area is 164 Å². The first-order valence-corrected chi connectivity index (χ1v) is 9.27. The summed E-state index contributed by atoms with van der Waals surface area (Å²) in [6, 6.07) is 13.9. The highest BCUT2D eigenvalue weighted by molar-refractivity contribution is 6.39. The first-order valence-electron chi connectivity index (χ1n) is 9.27. The summed E-state index contributed by atoms with van der Waals surface area (Å²) in [6.45, 7) is 7.83. The van der Waals surface area contributed by atoms with E-state index in [-0.39, 0.29) is 5.57 Å². The summed E-state index contributed by atoms with van der Waals surface area (Å²) in [5.41, 5.74) is 3.05. The van der Waals surface area contributed by atoms with Gasteiger partial charge < -0.3 is 4.90 Å². The molecule has 2 aromatic rings. The highest BCUT2D eigenvalue weighted by Gasteiger charge is 2.36. The van der Waals surface area contributed by atoms with Crippen molar-refractivity contribution in [2.75, 3.05) is 22.9 Å². The fraction of sp³-hybridized carbons (Fsp3) is 0.227. The lowest BCUT2D eigenvalue weighted by Gasteiger charge is -2.26. The van der Waals surface area contributed by atoms with E-state index in [9.17, 15) is 14.4 Å². The molecule has 3 rings (SSSR count). The van der Waals surface area contributed by atoms with E-state index in [4.69, 9.17) is 0 Å². The normalized spacial score (nSPS) is 15.8. The molecule has 0 saturated carbocycles. The SMILES string of the molecule is CCN(CC)c1ccc(C=C2C(=O)NC(=O)N(c3cccc(C)c3)C2=O)cc1. The molecule has 4 amide bonds. The van der Waals surface area contributed by atoms with Crippen molar-refractivity contribution in [3.8, 4) is 0 Å². The molecular formula is C22H23N3O3. The van der Waals surface area contributed by atoms with Crippen LogP contribution in [0.25, 0.3) is 6.08 Å². The van der Waals surface area contributed by atoms with Crippen LogP contribution in [0.1, 0.15) is 25.0 Å². The Hall–Kier alpha value is -3.41. The lowest BCUT2D eigenvalue weighted by Crippen LogP contribution is -2.54. The molecule has 6 nitrogen and oxygen atoms in total. The van der Waals surface area contributed by atoms with Gasteiger partial charge in [0.2, 0.25) is 0 Å². The minimum atomic E-state index is -0.741. The number of rotatable bonds is 5. The Bertz CT molecular complexity index is 944. The molecule has 1 aliphatic heterocycles. The van der Waals surface area contributed by atoms with Crippen molar-refractivity contribution in [3.05, 3.63) is 65.2 Å². The van der Waals surface area contributed by atoms with E-state index < -0.39 is 17.8 Å². The van der Waals surface area contributed by atoms with Gasteiger partial charge in [0.05, 0.1) is 5.69 Å². The third-order valence-corrected chi connectivity index (χ3v) is 4.69. The quantitative estimate of drug-likeness (QED) is 0.639. The van der Waals surface area contributed by atoms with Crippen LogP contribution in [0, 0.1) is 6.92 Å². The number of hydrogen-bond donors (Lipinski definition) is 1. The van der Waals surface area contributed by atoms with Gasteiger partial charge in [-0.2, -0.15) is 0 Å². The summed E-state index contributed by atoms with van der Waals surface area (Å²) in [5, 5.41) is 2.25. The number of nitrogens with one attached hydrogen (secondary N) is 1. The van der Waals surface area contributed by atoms with Gasteiger partial charge in [0.1, 0.15) is 5.57 Å². The van der Waals surface area contributed by atoms with E-state index in [1.54, 1.807) is 18.2 Å². The number of imide groups is 2. The molecular weight excluding hydrogens is 354 g/mol. The summed E-state index contributed by atoms with van der Waals surface area (Å²) in [5.74, 6) is -1.32. The molecule has 0 aliphatic carbocycles. The minimum Gasteiger partial charge on any atom is -0.372 e. The zero-order valence-corrected chi connectivity index (χ0v) is 16.2. The summed E-state index contributed by atoms with van der Waals surface area (Å²) in [6.07, 6.45) is 1.51. The van der Waals surface area contributed by atoms with Crippen molar-refractivity contribution >= 4 is 35.3 Å². The van der Waals surface area contributed by atoms with Crippen LogP contribution in [0.3, 0.4) is 0 Å². The van der Waals surface area contributed by atoms with Crippen LogP contribution in [0.5, 0.6) is 0 Å². The third-order valence-electron chi connectivity index (χ3n) is 4.69. The minimum absolute atomic E-state index is 0.0725. The molecule has 0 spiro atoms. The fourth-order valence-corrected chi connectivity index (χ4v) is 3.20. The van der Waals surface area contributed by atoms with E-state index in [0.717, 1.165) is 29.2 Å². The van der Waals surface area contributed by atoms with Crippen LogP contribution < -0.4 is 15.1 Å². The first-order chi connectivity index (χ1) is 13.4. The zero-order chi connectivity index (χ0) is 20.3. The molecule has 6 heteroatoms. The molecule has 0 unspecified atom stereocenters. The van der Waals surface area contributed by atoms with Crippen molar-refractivity contribution in [1.82, 2.24) is 5.32 Å². The lowest BCUT2D eigenvalue weighted by molar-refractivity contribution is -0.122. The summed E-state index contributed by atoms with van der Waals surface area (Å²) < 4.78 is 0. The van der Waals surface area contributed by atoms with Crippen LogP contribution in [0.2, 0.25) is 0 Å². The average Bonchev–Trinajstić information content (AvgIpc) is 2.67. The van der Waals surface area contributed by atoms with E-state index >= 15 is 0 Å². The monoisotopic (exact) mass is 377 g/mol. The van der Waals surface area contributed by atoms with E-state index in [1.165, 1.54) is 6.08 Å². The second-order valence-electron chi connectivity index (χ2n) is 6.56. The number of nitrogens with zero attached hydrogens (tertiary/aromatic N) is 2. The molecule has 144 valence electrons. The van der Waals surface area contributed by atoms with Gasteiger partial charge in [0.15, 0.2) is 0 Å². The van der Waals surface area contributed by atoms with Gasteiger partial charge >= 0.3 is 6.03 Å². The number of amides is 4. The average molecular weight is 377 g/mol. The molecule has 0 atom stereocenters. The summed E-state index contributed by atoms with van der Waals surface area (Å²) in [7, 11) is 0. The van der Waals surface area contributed by atoms with Gasteiger partial charge in [-0.1, -0.05) is 24.3 Å². The van der Waals surface area contributed by atoms with Crippen LogP contribution in [-0.4, -0.2) is 30.9 Å². The second kappa shape index (κ2) is 8.08. The third kappa shape index (κ3) is 3.81. The Morgan fingerprint density at radius 3 is 2.29 bits per heavy atom. The molecule has 1 aliphatic rings. The number of anilines is 2. The molecule has 0 radical (unpaired) electrons. The Morgan fingerprint density at radius 1 is 1.00 bits per heavy atom. The van der Waals surface area contributed by atoms with Gasteiger partial charge in [-0.25, -0.2) is 9.69 Å². The summed E-state index contributed by atoms with van der Waals surface area (Å²) >= 11 is 0. The van der Waals surface area contributed by atoms with Gasteiger partial charge in [-0.3, -0.25) is 14.9 Å². The number of carbonyl (C=O) groups is 3. The van der Waals surface area contributed by atoms with Crippen LogP contribution in [0.15, 0.2) is 54.1 Å². The van der Waals surface area contributed by atoms with Crippen LogP contribution >= 0.6 is 0 Å². The van der Waals surface area contributed by atoms with Gasteiger partial charge in [-0.05, 0) is 62.2 Å². The van der Waals surface area contributed by atoms with Crippen molar-refractivity contribution < 1.29 is 14.4 Å². The number of hydrogen-bond acceptors (Lipinski definition) is 4. The number of urea groups is 1. The number of barbiturate groups is 1. The highest BCUT2D eigenvalue weighted by Crippen LogP contribution is 2.23. The predicted molar refractivity (Wildman–Crippen MR) is 110 cm³/mol. The number of benzene rings is 2. The maximum atomic E-state index is 12.9. The van der Waals surface area contributed by atoms with Crippen LogP contribution in [-0.2, 0) is 9.59 Å². The van der Waals surface area contributed by atoms with Crippen molar-refractivity contribution in [2.24, 2.45) is 0 Å². The fourth-order valence-electron chi connectivity index (χ4n) is 3.20. The topological polar surface area (TPSA) is 69.7 Å². The van der Waals surface area contributed by atoms with Crippen molar-refractivity contribution in [2.45, 2.75) is 20.8 Å². The van der Waals surface area contributed by atoms with E-state index in [1.807, 2.05) is 37.3 Å². The van der Waals surface area contributed by atoms with E-state index in [0.29, 0.717) is 11.3 Å². The molecule has 2 aromatic carbocycles. The lowest BCUT2D eigenvalue weighted by atomic mass is 10.1. The standard InChI is InChI=1S/C22H23N3O3/c1-4-24(5-2)17-11-9-16(10-12-17)14-19-20(26)23-22(28)25(21(19)27)18-8-6-7-15(3)13-18/h6-14H,4-5H2,1-3H3,(H,23,26,28). The first kappa shape index (κ1) is 19.4. The molecule has 0 bridgehead atoms. The Morgan fingerprint density at radius 2 is 1.68 bits per heavy atom. The van der Waals surface area contributed by atoms with Crippen molar-refractivity contribution in [3.63, 3.8) is 0 Å². The zero-order valence-electron chi connectivity index (χ0n) is 16.2. The van der Waals surface area contributed by atoms with Gasteiger partial charge in [0, 0.05) is 18.8 Å². The molecule has 1 fully saturated rings. The molecule has 1 heterocycles. The highest BCUT2D eigenvalue weighted by atomic mass is 16.2.